The molecule has 0 bridgehead atoms. The van der Waals surface area contributed by atoms with Gasteiger partial charge < -0.3 is 15.1 Å². The highest BCUT2D eigenvalue weighted by molar-refractivity contribution is 7.91. The summed E-state index contributed by atoms with van der Waals surface area (Å²) in [5.41, 5.74) is 0.548. The second-order valence-electron chi connectivity index (χ2n) is 9.95. The van der Waals surface area contributed by atoms with Gasteiger partial charge in [-0.1, -0.05) is 43.3 Å². The highest BCUT2D eigenvalue weighted by Crippen LogP contribution is 2.34. The second kappa shape index (κ2) is 12.5. The van der Waals surface area contributed by atoms with E-state index in [1.165, 1.54) is 16.9 Å². The lowest BCUT2D eigenvalue weighted by Gasteiger charge is -2.51. The first-order valence-corrected chi connectivity index (χ1v) is 15.6. The van der Waals surface area contributed by atoms with Crippen LogP contribution in [0.25, 0.3) is 0 Å². The predicted octanol–water partition coefficient (Wildman–Crippen LogP) is 3.01. The number of piperazine rings is 1. The van der Waals surface area contributed by atoms with Gasteiger partial charge in [0.1, 0.15) is 15.8 Å². The van der Waals surface area contributed by atoms with Crippen LogP contribution in [0.2, 0.25) is 0 Å². The predicted molar refractivity (Wildman–Crippen MR) is 146 cm³/mol. The van der Waals surface area contributed by atoms with Gasteiger partial charge in [-0.15, -0.1) is 11.3 Å². The van der Waals surface area contributed by atoms with Crippen LogP contribution in [-0.2, 0) is 26.0 Å². The third-order valence-electron chi connectivity index (χ3n) is 7.47. The van der Waals surface area contributed by atoms with Gasteiger partial charge in [0.25, 0.3) is 0 Å². The van der Waals surface area contributed by atoms with Crippen LogP contribution in [0.15, 0.2) is 52.1 Å². The fourth-order valence-corrected chi connectivity index (χ4v) is 7.47. The summed E-state index contributed by atoms with van der Waals surface area (Å²) in [5, 5.41) is 4.76. The first-order valence-electron chi connectivity index (χ1n) is 13.3. The van der Waals surface area contributed by atoms with Crippen LogP contribution >= 0.6 is 11.3 Å². The molecular formula is C27H38N4O4S2. The number of carbonyl (C=O) groups excluding carboxylic acids is 2. The number of hydrogen-bond acceptors (Lipinski definition) is 6. The van der Waals surface area contributed by atoms with Crippen molar-refractivity contribution in [3.63, 3.8) is 0 Å². The zero-order chi connectivity index (χ0) is 26.3. The highest BCUT2D eigenvalue weighted by Gasteiger charge is 2.52. The van der Waals surface area contributed by atoms with E-state index in [-0.39, 0.29) is 11.8 Å². The average molecular weight is 547 g/mol. The molecule has 0 radical (unpaired) electrons. The number of nitrogens with one attached hydrogen (secondary N) is 2. The quantitative estimate of drug-likeness (QED) is 0.399. The molecule has 3 heterocycles. The van der Waals surface area contributed by atoms with Crippen molar-refractivity contribution in [2.75, 3.05) is 32.7 Å². The molecule has 0 saturated carbocycles. The summed E-state index contributed by atoms with van der Waals surface area (Å²) in [7, 11) is -3.48. The lowest BCUT2D eigenvalue weighted by atomic mass is 9.81. The monoisotopic (exact) mass is 546 g/mol. The third kappa shape index (κ3) is 6.60. The zero-order valence-electron chi connectivity index (χ0n) is 21.5. The Morgan fingerprint density at radius 2 is 1.81 bits per heavy atom. The molecule has 1 spiro atoms. The van der Waals surface area contributed by atoms with E-state index in [2.05, 4.69) is 39.2 Å². The van der Waals surface area contributed by atoms with Crippen LogP contribution in [-0.4, -0.2) is 74.3 Å². The average Bonchev–Trinajstić information content (AvgIpc) is 3.46. The molecule has 2 aliphatic heterocycles. The van der Waals surface area contributed by atoms with Crippen molar-refractivity contribution in [2.24, 2.45) is 0 Å². The van der Waals surface area contributed by atoms with Crippen molar-refractivity contribution in [3.8, 4) is 0 Å². The van der Waals surface area contributed by atoms with E-state index in [1.54, 1.807) is 17.5 Å². The Hall–Kier alpha value is -2.27. The summed E-state index contributed by atoms with van der Waals surface area (Å²) in [6, 6.07) is 13.2. The third-order valence-corrected chi connectivity index (χ3v) is 10.3. The minimum absolute atomic E-state index is 0.00153. The molecule has 2 N–H and O–H groups in total. The van der Waals surface area contributed by atoms with Crippen LogP contribution in [0.5, 0.6) is 0 Å². The lowest BCUT2D eigenvalue weighted by Crippen LogP contribution is -2.72. The summed E-state index contributed by atoms with van der Waals surface area (Å²) in [6.07, 6.45) is 4.82. The number of likely N-dealkylation sites (tertiary alicyclic amines) is 1. The summed E-state index contributed by atoms with van der Waals surface area (Å²) >= 11 is 1.18. The molecule has 2 amide bonds. The SMILES string of the molecule is CCCN1C(=O)[C@H](CCCCNS(=O)(=O)c2cccs2)NC(=O)C12CCN(CCc1ccccc1)CC2. The van der Waals surface area contributed by atoms with Gasteiger partial charge in [-0.25, -0.2) is 13.1 Å². The van der Waals surface area contributed by atoms with E-state index in [4.69, 9.17) is 0 Å². The highest BCUT2D eigenvalue weighted by atomic mass is 32.2. The molecule has 8 nitrogen and oxygen atoms in total. The maximum absolute atomic E-state index is 13.5. The first kappa shape index (κ1) is 27.8. The molecule has 202 valence electrons. The number of thiophene rings is 1. The van der Waals surface area contributed by atoms with Crippen molar-refractivity contribution >= 4 is 33.2 Å². The van der Waals surface area contributed by atoms with E-state index in [0.717, 1.165) is 32.5 Å². The number of benzene rings is 1. The maximum Gasteiger partial charge on any atom is 0.250 e. The Morgan fingerprint density at radius 3 is 2.49 bits per heavy atom. The number of rotatable bonds is 12. The van der Waals surface area contributed by atoms with Gasteiger partial charge in [-0.05, 0) is 62.0 Å². The minimum Gasteiger partial charge on any atom is -0.342 e. The summed E-state index contributed by atoms with van der Waals surface area (Å²) in [5.74, 6) is -0.0370. The van der Waals surface area contributed by atoms with E-state index in [0.29, 0.717) is 49.4 Å². The van der Waals surface area contributed by atoms with Crippen LogP contribution < -0.4 is 10.0 Å². The van der Waals surface area contributed by atoms with Crippen LogP contribution in [0.4, 0.5) is 0 Å². The second-order valence-corrected chi connectivity index (χ2v) is 12.9. The molecular weight excluding hydrogens is 508 g/mol. The minimum atomic E-state index is -3.48. The van der Waals surface area contributed by atoms with Crippen molar-refractivity contribution in [3.05, 3.63) is 53.4 Å². The largest absolute Gasteiger partial charge is 0.342 e. The molecule has 2 fully saturated rings. The summed E-state index contributed by atoms with van der Waals surface area (Å²) in [6.45, 7) is 5.45. The van der Waals surface area contributed by atoms with Gasteiger partial charge in [0.15, 0.2) is 0 Å². The Kier molecular flexibility index (Phi) is 9.39. The molecule has 2 aliphatic rings. The van der Waals surface area contributed by atoms with Gasteiger partial charge in [0, 0.05) is 32.7 Å². The Morgan fingerprint density at radius 1 is 1.05 bits per heavy atom. The Bertz CT molecular complexity index is 1130. The van der Waals surface area contributed by atoms with E-state index >= 15 is 0 Å². The molecule has 10 heteroatoms. The Balaban J connectivity index is 1.28. The summed E-state index contributed by atoms with van der Waals surface area (Å²) < 4.78 is 27.4. The number of sulfonamides is 1. The normalized spacial score (nSPS) is 20.4. The van der Waals surface area contributed by atoms with Gasteiger partial charge in [0.05, 0.1) is 0 Å². The molecule has 0 unspecified atom stereocenters. The van der Waals surface area contributed by atoms with Crippen LogP contribution in [0.3, 0.4) is 0 Å². The van der Waals surface area contributed by atoms with Gasteiger partial charge in [-0.3, -0.25) is 9.59 Å². The fourth-order valence-electron chi connectivity index (χ4n) is 5.36. The van der Waals surface area contributed by atoms with Gasteiger partial charge in [-0.2, -0.15) is 0 Å². The maximum atomic E-state index is 13.5. The molecule has 1 aromatic carbocycles. The standard InChI is InChI=1S/C27H38N4O4S2/c1-2-17-31-25(32)23(11-6-7-16-28-37(34,35)24-12-8-21-36-24)29-26(33)27(31)14-19-30(20-15-27)18-13-22-9-4-3-5-10-22/h3-5,8-10,12,21,23,28H,2,6-7,11,13-20H2,1H3,(H,29,33)/t23-/m0/s1. The van der Waals surface area contributed by atoms with E-state index in [1.807, 2.05) is 17.9 Å². The molecule has 4 rings (SSSR count). The molecule has 0 aliphatic carbocycles. The fraction of sp³-hybridized carbons (Fsp3) is 0.556. The molecule has 1 aromatic heterocycles. The number of nitrogens with zero attached hydrogens (tertiary/aromatic N) is 2. The van der Waals surface area contributed by atoms with Crippen molar-refractivity contribution in [1.29, 1.82) is 0 Å². The molecule has 2 aromatic rings. The topological polar surface area (TPSA) is 98.8 Å². The van der Waals surface area contributed by atoms with Gasteiger partial charge in [0.2, 0.25) is 21.8 Å². The van der Waals surface area contributed by atoms with Crippen LogP contribution in [0, 0.1) is 0 Å². The van der Waals surface area contributed by atoms with Gasteiger partial charge >= 0.3 is 0 Å². The molecule has 2 saturated heterocycles. The zero-order valence-corrected chi connectivity index (χ0v) is 23.2. The number of hydrogen-bond donors (Lipinski definition) is 2. The lowest BCUT2D eigenvalue weighted by molar-refractivity contribution is -0.161. The molecule has 1 atom stereocenters. The van der Waals surface area contributed by atoms with E-state index < -0.39 is 21.6 Å². The number of amides is 2. The Labute approximate surface area is 224 Å². The first-order chi connectivity index (χ1) is 17.9. The number of carbonyl (C=O) groups is 2. The van der Waals surface area contributed by atoms with Crippen molar-refractivity contribution in [2.45, 2.75) is 67.7 Å². The molecule has 37 heavy (non-hydrogen) atoms. The number of piperidine rings is 1. The van der Waals surface area contributed by atoms with Crippen molar-refractivity contribution in [1.82, 2.24) is 19.8 Å². The smallest absolute Gasteiger partial charge is 0.250 e. The van der Waals surface area contributed by atoms with Crippen LogP contribution in [0.1, 0.15) is 51.0 Å². The van der Waals surface area contributed by atoms with E-state index in [9.17, 15) is 18.0 Å². The van der Waals surface area contributed by atoms with Crippen molar-refractivity contribution < 1.29 is 18.0 Å². The summed E-state index contributed by atoms with van der Waals surface area (Å²) in [4.78, 5) is 31.2. The number of unbranched alkanes of at least 4 members (excludes halogenated alkanes) is 1.